The molecule has 1 heterocycles. The molecule has 1 unspecified atom stereocenters. The quantitative estimate of drug-likeness (QED) is 0.606. The molecule has 0 spiro atoms. The molecule has 1 aliphatic rings. The highest BCUT2D eigenvalue weighted by atomic mass is 16.5. The molecule has 0 aromatic rings. The highest BCUT2D eigenvalue weighted by Gasteiger charge is 2.18. The van der Waals surface area contributed by atoms with Crippen molar-refractivity contribution < 1.29 is 14.3 Å². The van der Waals surface area contributed by atoms with E-state index >= 15 is 0 Å². The van der Waals surface area contributed by atoms with Gasteiger partial charge in [0.15, 0.2) is 0 Å². The Morgan fingerprint density at radius 2 is 2.58 bits per heavy atom. The van der Waals surface area contributed by atoms with Gasteiger partial charge >= 0.3 is 5.97 Å². The predicted octanol–water partition coefficient (Wildman–Crippen LogP) is -0.0867. The second kappa shape index (κ2) is 4.42. The van der Waals surface area contributed by atoms with E-state index in [2.05, 4.69) is 0 Å². The third-order valence-corrected chi connectivity index (χ3v) is 1.86. The van der Waals surface area contributed by atoms with Gasteiger partial charge in [0.25, 0.3) is 0 Å². The molecule has 4 nitrogen and oxygen atoms in total. The minimum Gasteiger partial charge on any atom is -0.464 e. The normalized spacial score (nSPS) is 25.3. The summed E-state index contributed by atoms with van der Waals surface area (Å²) < 4.78 is 10.1. The highest BCUT2D eigenvalue weighted by Crippen LogP contribution is 2.12. The molecule has 0 radical (unpaired) electrons. The number of ether oxygens (including phenoxy) is 2. The van der Waals surface area contributed by atoms with Crippen molar-refractivity contribution in [3.8, 4) is 0 Å². The molecule has 12 heavy (non-hydrogen) atoms. The van der Waals surface area contributed by atoms with Crippen molar-refractivity contribution in [2.75, 3.05) is 19.8 Å². The summed E-state index contributed by atoms with van der Waals surface area (Å²) >= 11 is 0. The number of hydrogen-bond donors (Lipinski definition) is 1. The van der Waals surface area contributed by atoms with E-state index in [-0.39, 0.29) is 5.97 Å². The molecular weight excluding hydrogens is 158 g/mol. The van der Waals surface area contributed by atoms with Crippen molar-refractivity contribution in [3.05, 3.63) is 0 Å². The van der Waals surface area contributed by atoms with Crippen molar-refractivity contribution in [1.29, 1.82) is 0 Å². The molecule has 2 atom stereocenters. The zero-order chi connectivity index (χ0) is 8.97. The smallest absolute Gasteiger partial charge is 0.322 e. The minimum atomic E-state index is -0.521. The Hall–Kier alpha value is -0.610. The number of rotatable bonds is 3. The van der Waals surface area contributed by atoms with Gasteiger partial charge in [-0.2, -0.15) is 0 Å². The SMILES string of the molecule is C[C@H](N)C(=O)OCC1CCOC1. The Morgan fingerprint density at radius 1 is 1.83 bits per heavy atom. The van der Waals surface area contributed by atoms with E-state index in [1.54, 1.807) is 6.92 Å². The Balaban J connectivity index is 2.12. The molecule has 0 amide bonds. The Bertz CT molecular complexity index is 152. The van der Waals surface area contributed by atoms with Gasteiger partial charge in [0, 0.05) is 12.5 Å². The second-order valence-electron chi connectivity index (χ2n) is 3.15. The van der Waals surface area contributed by atoms with Crippen LogP contribution in [0.15, 0.2) is 0 Å². The average Bonchev–Trinajstić information content (AvgIpc) is 2.51. The van der Waals surface area contributed by atoms with Crippen LogP contribution in [0.1, 0.15) is 13.3 Å². The fraction of sp³-hybridized carbons (Fsp3) is 0.875. The molecule has 0 aromatic carbocycles. The van der Waals surface area contributed by atoms with Crippen LogP contribution in [0.4, 0.5) is 0 Å². The van der Waals surface area contributed by atoms with E-state index in [4.69, 9.17) is 15.2 Å². The van der Waals surface area contributed by atoms with Crippen LogP contribution in [0, 0.1) is 5.92 Å². The molecule has 1 saturated heterocycles. The van der Waals surface area contributed by atoms with Crippen molar-refractivity contribution in [2.45, 2.75) is 19.4 Å². The largest absolute Gasteiger partial charge is 0.464 e. The van der Waals surface area contributed by atoms with Crippen LogP contribution in [0.2, 0.25) is 0 Å². The van der Waals surface area contributed by atoms with Gasteiger partial charge in [0.05, 0.1) is 13.2 Å². The van der Waals surface area contributed by atoms with Gasteiger partial charge in [-0.1, -0.05) is 0 Å². The van der Waals surface area contributed by atoms with Gasteiger partial charge in [-0.15, -0.1) is 0 Å². The molecule has 70 valence electrons. The van der Waals surface area contributed by atoms with Gasteiger partial charge in [-0.05, 0) is 13.3 Å². The summed E-state index contributed by atoms with van der Waals surface area (Å²) in [7, 11) is 0. The first kappa shape index (κ1) is 9.48. The molecule has 0 bridgehead atoms. The van der Waals surface area contributed by atoms with Crippen molar-refractivity contribution in [3.63, 3.8) is 0 Å². The Morgan fingerprint density at radius 3 is 3.08 bits per heavy atom. The summed E-state index contributed by atoms with van der Waals surface area (Å²) in [5.41, 5.74) is 5.31. The van der Waals surface area contributed by atoms with E-state index in [1.807, 2.05) is 0 Å². The molecule has 0 aromatic heterocycles. The minimum absolute atomic E-state index is 0.332. The summed E-state index contributed by atoms with van der Waals surface area (Å²) in [6.07, 6.45) is 0.978. The molecular formula is C8H15NO3. The number of carbonyl (C=O) groups is 1. The summed E-state index contributed by atoms with van der Waals surface area (Å²) in [5, 5.41) is 0. The van der Waals surface area contributed by atoms with E-state index in [0.29, 0.717) is 19.1 Å². The Labute approximate surface area is 72.0 Å². The molecule has 2 N–H and O–H groups in total. The van der Waals surface area contributed by atoms with Crippen molar-refractivity contribution >= 4 is 5.97 Å². The van der Waals surface area contributed by atoms with E-state index < -0.39 is 6.04 Å². The third-order valence-electron chi connectivity index (χ3n) is 1.86. The highest BCUT2D eigenvalue weighted by molar-refractivity contribution is 5.74. The summed E-state index contributed by atoms with van der Waals surface area (Å²) in [5.74, 6) is 0.0367. The number of esters is 1. The first-order valence-corrected chi connectivity index (χ1v) is 4.20. The number of carbonyl (C=O) groups excluding carboxylic acids is 1. The van der Waals surface area contributed by atoms with Crippen LogP contribution in [0.25, 0.3) is 0 Å². The van der Waals surface area contributed by atoms with Gasteiger partial charge in [-0.3, -0.25) is 4.79 Å². The maximum Gasteiger partial charge on any atom is 0.322 e. The zero-order valence-electron chi connectivity index (χ0n) is 7.29. The second-order valence-corrected chi connectivity index (χ2v) is 3.15. The zero-order valence-corrected chi connectivity index (χ0v) is 7.29. The molecule has 4 heteroatoms. The van der Waals surface area contributed by atoms with Crippen LogP contribution in [0.3, 0.4) is 0 Å². The van der Waals surface area contributed by atoms with Crippen molar-refractivity contribution in [2.24, 2.45) is 11.7 Å². The monoisotopic (exact) mass is 173 g/mol. The molecule has 1 rings (SSSR count). The van der Waals surface area contributed by atoms with Crippen LogP contribution < -0.4 is 5.73 Å². The van der Waals surface area contributed by atoms with Crippen molar-refractivity contribution in [1.82, 2.24) is 0 Å². The standard InChI is InChI=1S/C8H15NO3/c1-6(9)8(10)12-5-7-2-3-11-4-7/h6-7H,2-5,9H2,1H3/t6-,7?/m0/s1. The predicted molar refractivity (Wildman–Crippen MR) is 43.5 cm³/mol. The maximum absolute atomic E-state index is 10.9. The Kier molecular flexibility index (Phi) is 3.49. The lowest BCUT2D eigenvalue weighted by Crippen LogP contribution is -2.30. The molecule has 0 aliphatic carbocycles. The van der Waals surface area contributed by atoms with E-state index in [0.717, 1.165) is 13.0 Å². The van der Waals surface area contributed by atoms with Crippen LogP contribution in [0.5, 0.6) is 0 Å². The summed E-state index contributed by atoms with van der Waals surface area (Å²) in [4.78, 5) is 10.9. The lowest BCUT2D eigenvalue weighted by atomic mass is 10.1. The van der Waals surface area contributed by atoms with Gasteiger partial charge in [0.2, 0.25) is 0 Å². The van der Waals surface area contributed by atoms with E-state index in [1.165, 1.54) is 0 Å². The van der Waals surface area contributed by atoms with Gasteiger partial charge in [-0.25, -0.2) is 0 Å². The van der Waals surface area contributed by atoms with Crippen LogP contribution in [-0.4, -0.2) is 31.8 Å². The van der Waals surface area contributed by atoms with Crippen LogP contribution in [-0.2, 0) is 14.3 Å². The third kappa shape index (κ3) is 2.79. The number of nitrogens with two attached hydrogens (primary N) is 1. The lowest BCUT2D eigenvalue weighted by molar-refractivity contribution is -0.146. The summed E-state index contributed by atoms with van der Waals surface area (Å²) in [6.45, 7) is 3.54. The summed E-state index contributed by atoms with van der Waals surface area (Å²) in [6, 6.07) is -0.521. The molecule has 1 aliphatic heterocycles. The first-order chi connectivity index (χ1) is 5.70. The fourth-order valence-corrected chi connectivity index (χ4v) is 1.05. The van der Waals surface area contributed by atoms with Gasteiger partial charge < -0.3 is 15.2 Å². The average molecular weight is 173 g/mol. The maximum atomic E-state index is 10.9. The molecule has 1 fully saturated rings. The van der Waals surface area contributed by atoms with Gasteiger partial charge in [0.1, 0.15) is 6.04 Å². The fourth-order valence-electron chi connectivity index (χ4n) is 1.05. The van der Waals surface area contributed by atoms with Crippen LogP contribution >= 0.6 is 0 Å². The van der Waals surface area contributed by atoms with E-state index in [9.17, 15) is 4.79 Å². The number of hydrogen-bond acceptors (Lipinski definition) is 4. The topological polar surface area (TPSA) is 61.6 Å². The first-order valence-electron chi connectivity index (χ1n) is 4.20. The molecule has 0 saturated carbocycles. The lowest BCUT2D eigenvalue weighted by Gasteiger charge is -2.10.